The van der Waals surface area contributed by atoms with Crippen molar-refractivity contribution in [1.82, 2.24) is 29.3 Å². The second-order valence-electron chi connectivity index (χ2n) is 11.3. The normalized spacial score (nSPS) is 18.4. The smallest absolute Gasteiger partial charge is 0.434 e. The van der Waals surface area contributed by atoms with Gasteiger partial charge in [-0.1, -0.05) is 6.07 Å². The molecule has 0 atom stereocenters. The van der Waals surface area contributed by atoms with Crippen LogP contribution in [-0.4, -0.2) is 67.5 Å². The molecule has 0 bridgehead atoms. The van der Waals surface area contributed by atoms with Gasteiger partial charge in [0.25, 0.3) is 5.91 Å². The monoisotopic (exact) mass is 610 g/mol. The summed E-state index contributed by atoms with van der Waals surface area (Å²) in [6.07, 6.45) is 0.657. The van der Waals surface area contributed by atoms with E-state index < -0.39 is 23.2 Å². The fourth-order valence-electron chi connectivity index (χ4n) is 5.66. The van der Waals surface area contributed by atoms with Gasteiger partial charge < -0.3 is 19.1 Å². The fourth-order valence-corrected chi connectivity index (χ4v) is 5.66. The van der Waals surface area contributed by atoms with Crippen molar-refractivity contribution in [2.75, 3.05) is 14.2 Å². The van der Waals surface area contributed by atoms with Gasteiger partial charge >= 0.3 is 6.18 Å². The molecular formula is C30H30F4N8O2. The Morgan fingerprint density at radius 3 is 2.50 bits per heavy atom. The number of carbonyl (C=O) groups is 1. The van der Waals surface area contributed by atoms with E-state index in [4.69, 9.17) is 9.73 Å². The zero-order valence-corrected chi connectivity index (χ0v) is 24.6. The standard InChI is InChI=1S/C30H30F4N8O2/c1-16-25(39-24(35-2)22-23(18-7-8-18)36-15-37-27(22)44-5)42(29(10-11-29)28(43)41(16)4)13-17-6-9-19(20(31)12-17)26-38-21(14-40(26)3)30(32,33)34/h6,9,12,14-15,18H,2,7-8,10-11,13H2,1,3-5H3/b39-24-. The Morgan fingerprint density at radius 1 is 1.20 bits per heavy atom. The second-order valence-corrected chi connectivity index (χ2v) is 11.3. The van der Waals surface area contributed by atoms with Gasteiger partial charge in [-0.15, -0.1) is 0 Å². The number of alkyl halides is 3. The Kier molecular flexibility index (Phi) is 7.05. The van der Waals surface area contributed by atoms with E-state index in [1.165, 1.54) is 32.6 Å². The molecule has 1 aliphatic heterocycles. The maximum Gasteiger partial charge on any atom is 0.434 e. The van der Waals surface area contributed by atoms with Crippen LogP contribution in [0.15, 0.2) is 52.2 Å². The molecular weight excluding hydrogens is 580 g/mol. The maximum absolute atomic E-state index is 15.5. The average Bonchev–Trinajstić information content (AvgIpc) is 3.93. The number of carbonyl (C=O) groups excluding carboxylic acids is 1. The lowest BCUT2D eigenvalue weighted by molar-refractivity contribution is -0.141. The van der Waals surface area contributed by atoms with Crippen LogP contribution in [0, 0.1) is 5.82 Å². The number of ether oxygens (including phenoxy) is 1. The SMILES string of the molecule is C=N/C(=N\C1=C(C)N(C)C(=O)C2(CC2)N1Cc1ccc(-c2nc(C(F)(F)F)cn2C)c(F)c1)c1c(OC)ncnc1C1CC1. The minimum Gasteiger partial charge on any atom is -0.480 e. The second kappa shape index (κ2) is 10.5. The molecule has 6 rings (SSSR count). The Bertz CT molecular complexity index is 1740. The number of amides is 1. The number of aliphatic imine (C=N–C) groups is 2. The number of allylic oxidation sites excluding steroid dienone is 1. The molecule has 2 aromatic heterocycles. The van der Waals surface area contributed by atoms with Gasteiger partial charge in [0.1, 0.15) is 29.1 Å². The predicted molar refractivity (Wildman–Crippen MR) is 153 cm³/mol. The van der Waals surface area contributed by atoms with Gasteiger partial charge in [0.15, 0.2) is 17.4 Å². The molecule has 1 spiro atoms. The number of aromatic nitrogens is 4. The lowest BCUT2D eigenvalue weighted by Crippen LogP contribution is -2.53. The van der Waals surface area contributed by atoms with Crippen molar-refractivity contribution in [3.05, 3.63) is 70.6 Å². The van der Waals surface area contributed by atoms with E-state index >= 15 is 4.39 Å². The number of aryl methyl sites for hydroxylation is 1. The third-order valence-corrected chi connectivity index (χ3v) is 8.39. The van der Waals surface area contributed by atoms with Crippen LogP contribution in [0.25, 0.3) is 11.4 Å². The van der Waals surface area contributed by atoms with Gasteiger partial charge in [-0.05, 0) is 57.0 Å². The molecule has 2 fully saturated rings. The summed E-state index contributed by atoms with van der Waals surface area (Å²) in [5, 5.41) is 0. The van der Waals surface area contributed by atoms with Gasteiger partial charge in [-0.25, -0.2) is 29.3 Å². The molecule has 1 amide bonds. The zero-order valence-electron chi connectivity index (χ0n) is 24.6. The van der Waals surface area contributed by atoms with Crippen molar-refractivity contribution in [3.8, 4) is 17.3 Å². The number of hydrogen-bond donors (Lipinski definition) is 0. The summed E-state index contributed by atoms with van der Waals surface area (Å²) in [5.41, 5.74) is 0.275. The van der Waals surface area contributed by atoms with Crippen LogP contribution < -0.4 is 4.74 Å². The number of rotatable bonds is 7. The molecule has 44 heavy (non-hydrogen) atoms. The molecule has 2 saturated carbocycles. The summed E-state index contributed by atoms with van der Waals surface area (Å²) in [7, 11) is 4.56. The maximum atomic E-state index is 15.5. The molecule has 0 saturated heterocycles. The van der Waals surface area contributed by atoms with E-state index in [1.807, 2.05) is 4.90 Å². The minimum absolute atomic E-state index is 0.0748. The van der Waals surface area contributed by atoms with E-state index in [1.54, 1.807) is 24.9 Å². The molecule has 230 valence electrons. The van der Waals surface area contributed by atoms with Gasteiger partial charge in [0.2, 0.25) is 5.88 Å². The number of imidazole rings is 1. The van der Waals surface area contributed by atoms with Crippen LogP contribution in [0.4, 0.5) is 17.6 Å². The Morgan fingerprint density at radius 2 is 1.93 bits per heavy atom. The summed E-state index contributed by atoms with van der Waals surface area (Å²) >= 11 is 0. The van der Waals surface area contributed by atoms with Gasteiger partial charge in [-0.2, -0.15) is 13.2 Å². The Labute approximate surface area is 250 Å². The fraction of sp³-hybridized carbons (Fsp3) is 0.400. The lowest BCUT2D eigenvalue weighted by Gasteiger charge is -2.42. The van der Waals surface area contributed by atoms with E-state index in [9.17, 15) is 18.0 Å². The summed E-state index contributed by atoms with van der Waals surface area (Å²) in [6.45, 7) is 5.62. The molecule has 14 heteroatoms. The molecule has 3 aromatic rings. The molecule has 3 heterocycles. The summed E-state index contributed by atoms with van der Waals surface area (Å²) in [4.78, 5) is 38.5. The summed E-state index contributed by atoms with van der Waals surface area (Å²) in [5.74, 6) is 0.212. The molecule has 10 nitrogen and oxygen atoms in total. The lowest BCUT2D eigenvalue weighted by atomic mass is 10.0. The Balaban J connectivity index is 1.41. The number of halogens is 4. The molecule has 0 N–H and O–H groups in total. The van der Waals surface area contributed by atoms with E-state index in [0.717, 1.165) is 29.3 Å². The Hall–Kier alpha value is -4.62. The first-order valence-corrected chi connectivity index (χ1v) is 14.0. The number of benzene rings is 1. The predicted octanol–water partition coefficient (Wildman–Crippen LogP) is 5.06. The van der Waals surface area contributed by atoms with Gasteiger partial charge in [0.05, 0.1) is 24.1 Å². The summed E-state index contributed by atoms with van der Waals surface area (Å²) in [6, 6.07) is 4.26. The van der Waals surface area contributed by atoms with Crippen LogP contribution in [0.2, 0.25) is 0 Å². The molecule has 0 radical (unpaired) electrons. The molecule has 0 unspecified atom stereocenters. The third kappa shape index (κ3) is 4.91. The van der Waals surface area contributed by atoms with E-state index in [0.29, 0.717) is 41.4 Å². The number of likely N-dealkylation sites (N-methyl/N-ethyl adjacent to an activating group) is 1. The van der Waals surface area contributed by atoms with Crippen molar-refractivity contribution in [2.24, 2.45) is 17.0 Å². The quantitative estimate of drug-likeness (QED) is 0.211. The largest absolute Gasteiger partial charge is 0.480 e. The molecule has 1 aromatic carbocycles. The van der Waals surface area contributed by atoms with Crippen LogP contribution in [0.3, 0.4) is 0 Å². The topological polar surface area (TPSA) is 101 Å². The van der Waals surface area contributed by atoms with Crippen LogP contribution in [0.1, 0.15) is 61.0 Å². The molecule has 2 aliphatic carbocycles. The van der Waals surface area contributed by atoms with Crippen molar-refractivity contribution in [3.63, 3.8) is 0 Å². The number of methoxy groups -OCH3 is 1. The zero-order chi connectivity index (χ0) is 31.6. The van der Waals surface area contributed by atoms with E-state index in [2.05, 4.69) is 26.7 Å². The highest BCUT2D eigenvalue weighted by atomic mass is 19.4. The highest BCUT2D eigenvalue weighted by molar-refractivity contribution is 6.05. The molecule has 3 aliphatic rings. The van der Waals surface area contributed by atoms with Crippen molar-refractivity contribution in [2.45, 2.75) is 56.8 Å². The highest BCUT2D eigenvalue weighted by Gasteiger charge is 2.59. The first-order chi connectivity index (χ1) is 20.9. The average molecular weight is 611 g/mol. The van der Waals surface area contributed by atoms with Crippen LogP contribution in [0.5, 0.6) is 5.88 Å². The van der Waals surface area contributed by atoms with Crippen molar-refractivity contribution < 1.29 is 27.1 Å². The third-order valence-electron chi connectivity index (χ3n) is 8.39. The summed E-state index contributed by atoms with van der Waals surface area (Å²) < 4.78 is 61.8. The van der Waals surface area contributed by atoms with Crippen molar-refractivity contribution in [1.29, 1.82) is 0 Å². The van der Waals surface area contributed by atoms with Gasteiger partial charge in [-0.3, -0.25) is 4.79 Å². The minimum atomic E-state index is -4.66. The highest BCUT2D eigenvalue weighted by Crippen LogP contribution is 2.50. The first-order valence-electron chi connectivity index (χ1n) is 14.0. The number of hydrogen-bond acceptors (Lipinski definition) is 7. The van der Waals surface area contributed by atoms with Crippen LogP contribution >= 0.6 is 0 Å². The van der Waals surface area contributed by atoms with E-state index in [-0.39, 0.29) is 35.6 Å². The number of amidine groups is 1. The van der Waals surface area contributed by atoms with Crippen molar-refractivity contribution >= 4 is 18.5 Å². The van der Waals surface area contributed by atoms with Gasteiger partial charge in [0, 0.05) is 32.8 Å². The van der Waals surface area contributed by atoms with Crippen LogP contribution in [-0.2, 0) is 24.6 Å². The first kappa shape index (κ1) is 29.5. The number of nitrogens with zero attached hydrogens (tertiary/aromatic N) is 8.